The van der Waals surface area contributed by atoms with Crippen molar-refractivity contribution in [2.75, 3.05) is 12.8 Å². The first kappa shape index (κ1) is 14.5. The third-order valence-corrected chi connectivity index (χ3v) is 4.05. The zero-order valence-electron chi connectivity index (χ0n) is 11.8. The maximum Gasteiger partial charge on any atom is 0.222 e. The number of nitrogens with zero attached hydrogens (tertiary/aromatic N) is 2. The van der Waals surface area contributed by atoms with Gasteiger partial charge in [-0.1, -0.05) is 18.2 Å². The number of para-hydroxylation sites is 1. The molecule has 0 fully saturated rings. The van der Waals surface area contributed by atoms with Gasteiger partial charge in [0.15, 0.2) is 0 Å². The molecule has 4 nitrogen and oxygen atoms in total. The van der Waals surface area contributed by atoms with Crippen LogP contribution >= 0.6 is 11.3 Å². The van der Waals surface area contributed by atoms with Crippen molar-refractivity contribution in [3.63, 3.8) is 0 Å². The van der Waals surface area contributed by atoms with Gasteiger partial charge in [0.25, 0.3) is 0 Å². The molecule has 1 heterocycles. The SMILES string of the molecule is Cc1ncc(CN(C)C(=O)CCc2ccccc2N)s1. The van der Waals surface area contributed by atoms with Crippen LogP contribution in [0.4, 0.5) is 5.69 Å². The molecule has 2 rings (SSSR count). The Bertz CT molecular complexity index is 594. The number of benzene rings is 1. The van der Waals surface area contributed by atoms with E-state index < -0.39 is 0 Å². The summed E-state index contributed by atoms with van der Waals surface area (Å²) in [5.41, 5.74) is 7.66. The molecule has 106 valence electrons. The molecule has 0 unspecified atom stereocenters. The molecule has 0 aliphatic carbocycles. The van der Waals surface area contributed by atoms with Gasteiger partial charge in [0.1, 0.15) is 0 Å². The standard InChI is InChI=1S/C15H19N3OS/c1-11-17-9-13(20-11)10-18(2)15(19)8-7-12-5-3-4-6-14(12)16/h3-6,9H,7-8,10,16H2,1-2H3. The first-order valence-corrected chi connectivity index (χ1v) is 7.36. The third-order valence-electron chi connectivity index (χ3n) is 3.15. The minimum atomic E-state index is 0.124. The maximum absolute atomic E-state index is 12.1. The van der Waals surface area contributed by atoms with Crippen LogP contribution in [0.2, 0.25) is 0 Å². The van der Waals surface area contributed by atoms with Crippen molar-refractivity contribution in [2.45, 2.75) is 26.3 Å². The number of nitrogens with two attached hydrogens (primary N) is 1. The van der Waals surface area contributed by atoms with Gasteiger partial charge in [0.05, 0.1) is 11.6 Å². The first-order valence-electron chi connectivity index (χ1n) is 6.55. The highest BCUT2D eigenvalue weighted by molar-refractivity contribution is 7.11. The van der Waals surface area contributed by atoms with E-state index in [4.69, 9.17) is 5.73 Å². The van der Waals surface area contributed by atoms with E-state index >= 15 is 0 Å². The molecule has 0 atom stereocenters. The number of hydrogen-bond acceptors (Lipinski definition) is 4. The van der Waals surface area contributed by atoms with Crippen molar-refractivity contribution >= 4 is 22.9 Å². The minimum Gasteiger partial charge on any atom is -0.399 e. The molecule has 20 heavy (non-hydrogen) atoms. The van der Waals surface area contributed by atoms with Gasteiger partial charge in [-0.05, 0) is 25.0 Å². The molecule has 2 aromatic rings. The van der Waals surface area contributed by atoms with E-state index in [9.17, 15) is 4.79 Å². The van der Waals surface area contributed by atoms with Crippen LogP contribution in [0, 0.1) is 6.92 Å². The average molecular weight is 289 g/mol. The molecule has 1 aromatic carbocycles. The lowest BCUT2D eigenvalue weighted by atomic mass is 10.1. The van der Waals surface area contributed by atoms with E-state index in [1.807, 2.05) is 44.4 Å². The van der Waals surface area contributed by atoms with Crippen LogP contribution < -0.4 is 5.73 Å². The first-order chi connectivity index (χ1) is 9.56. The molecule has 5 heteroatoms. The van der Waals surface area contributed by atoms with E-state index in [0.29, 0.717) is 19.4 Å². The summed E-state index contributed by atoms with van der Waals surface area (Å²) in [7, 11) is 1.83. The van der Waals surface area contributed by atoms with Crippen LogP contribution in [-0.4, -0.2) is 22.8 Å². The van der Waals surface area contributed by atoms with Crippen molar-refractivity contribution in [2.24, 2.45) is 0 Å². The largest absolute Gasteiger partial charge is 0.399 e. The zero-order valence-corrected chi connectivity index (χ0v) is 12.6. The van der Waals surface area contributed by atoms with Gasteiger partial charge in [0, 0.05) is 30.2 Å². The second-order valence-corrected chi connectivity index (χ2v) is 6.11. The van der Waals surface area contributed by atoms with E-state index in [0.717, 1.165) is 21.1 Å². The molecule has 0 aliphatic heterocycles. The van der Waals surface area contributed by atoms with E-state index in [-0.39, 0.29) is 5.91 Å². The molecule has 0 bridgehead atoms. The number of aromatic nitrogens is 1. The van der Waals surface area contributed by atoms with Crippen molar-refractivity contribution in [3.8, 4) is 0 Å². The molecular formula is C15H19N3OS. The van der Waals surface area contributed by atoms with Gasteiger partial charge >= 0.3 is 0 Å². The molecule has 0 saturated heterocycles. The van der Waals surface area contributed by atoms with E-state index in [2.05, 4.69) is 4.98 Å². The number of carbonyl (C=O) groups is 1. The summed E-state index contributed by atoms with van der Waals surface area (Å²) in [5.74, 6) is 0.124. The fraction of sp³-hybridized carbons (Fsp3) is 0.333. The van der Waals surface area contributed by atoms with Crippen molar-refractivity contribution in [1.29, 1.82) is 0 Å². The average Bonchev–Trinajstić information content (AvgIpc) is 2.82. The number of carbonyl (C=O) groups excluding carboxylic acids is 1. The lowest BCUT2D eigenvalue weighted by molar-refractivity contribution is -0.130. The topological polar surface area (TPSA) is 59.2 Å². The summed E-state index contributed by atoms with van der Waals surface area (Å²) in [4.78, 5) is 19.2. The molecule has 0 saturated carbocycles. The Morgan fingerprint density at radius 2 is 2.15 bits per heavy atom. The number of rotatable bonds is 5. The summed E-state index contributed by atoms with van der Waals surface area (Å²) in [5, 5.41) is 1.03. The number of aryl methyl sites for hydroxylation is 2. The summed E-state index contributed by atoms with van der Waals surface area (Å²) >= 11 is 1.63. The highest BCUT2D eigenvalue weighted by atomic mass is 32.1. The van der Waals surface area contributed by atoms with Crippen molar-refractivity contribution < 1.29 is 4.79 Å². The van der Waals surface area contributed by atoms with Crippen molar-refractivity contribution in [3.05, 3.63) is 45.9 Å². The zero-order chi connectivity index (χ0) is 14.5. The van der Waals surface area contributed by atoms with Gasteiger partial charge in [-0.15, -0.1) is 11.3 Å². The Hall–Kier alpha value is -1.88. The highest BCUT2D eigenvalue weighted by Gasteiger charge is 2.11. The number of anilines is 1. The van der Waals surface area contributed by atoms with Gasteiger partial charge in [-0.3, -0.25) is 4.79 Å². The smallest absolute Gasteiger partial charge is 0.222 e. The monoisotopic (exact) mass is 289 g/mol. The number of thiazole rings is 1. The van der Waals surface area contributed by atoms with Crippen LogP contribution in [0.5, 0.6) is 0 Å². The molecule has 1 aromatic heterocycles. The highest BCUT2D eigenvalue weighted by Crippen LogP contribution is 2.16. The van der Waals surface area contributed by atoms with E-state index in [1.165, 1.54) is 0 Å². The lowest BCUT2D eigenvalue weighted by Gasteiger charge is -2.16. The Morgan fingerprint density at radius 1 is 1.40 bits per heavy atom. The lowest BCUT2D eigenvalue weighted by Crippen LogP contribution is -2.26. The van der Waals surface area contributed by atoms with Crippen LogP contribution in [0.15, 0.2) is 30.5 Å². The normalized spacial score (nSPS) is 10.5. The third kappa shape index (κ3) is 3.81. The Morgan fingerprint density at radius 3 is 2.80 bits per heavy atom. The molecule has 2 N–H and O–H groups in total. The minimum absolute atomic E-state index is 0.124. The quantitative estimate of drug-likeness (QED) is 0.861. The Kier molecular flexibility index (Phi) is 4.74. The van der Waals surface area contributed by atoms with Crippen LogP contribution in [0.1, 0.15) is 21.9 Å². The van der Waals surface area contributed by atoms with Gasteiger partial charge < -0.3 is 10.6 Å². The maximum atomic E-state index is 12.1. The number of hydrogen-bond donors (Lipinski definition) is 1. The molecule has 1 amide bonds. The molecule has 0 radical (unpaired) electrons. The summed E-state index contributed by atoms with van der Waals surface area (Å²) < 4.78 is 0. The Labute approximate surface area is 123 Å². The second-order valence-electron chi connectivity index (χ2n) is 4.79. The summed E-state index contributed by atoms with van der Waals surface area (Å²) in [6.07, 6.45) is 2.99. The van der Waals surface area contributed by atoms with Crippen LogP contribution in [0.25, 0.3) is 0 Å². The fourth-order valence-electron chi connectivity index (χ4n) is 1.99. The summed E-state index contributed by atoms with van der Waals surface area (Å²) in [6.45, 7) is 2.59. The second kappa shape index (κ2) is 6.52. The van der Waals surface area contributed by atoms with Crippen molar-refractivity contribution in [1.82, 2.24) is 9.88 Å². The van der Waals surface area contributed by atoms with E-state index in [1.54, 1.807) is 16.2 Å². The van der Waals surface area contributed by atoms with Gasteiger partial charge in [0.2, 0.25) is 5.91 Å². The Balaban J connectivity index is 1.87. The van der Waals surface area contributed by atoms with Gasteiger partial charge in [-0.25, -0.2) is 4.98 Å². The van der Waals surface area contributed by atoms with Crippen LogP contribution in [-0.2, 0) is 17.8 Å². The van der Waals surface area contributed by atoms with Gasteiger partial charge in [-0.2, -0.15) is 0 Å². The van der Waals surface area contributed by atoms with Crippen LogP contribution in [0.3, 0.4) is 0 Å². The predicted octanol–water partition coefficient (Wildman–Crippen LogP) is 2.62. The fourth-order valence-corrected chi connectivity index (χ4v) is 2.84. The molecule has 0 aliphatic rings. The number of amides is 1. The molecule has 0 spiro atoms. The predicted molar refractivity (Wildman–Crippen MR) is 82.5 cm³/mol. The summed E-state index contributed by atoms with van der Waals surface area (Å²) in [6, 6.07) is 7.68. The number of nitrogen functional groups attached to an aromatic ring is 1. The molecular weight excluding hydrogens is 270 g/mol.